The van der Waals surface area contributed by atoms with Gasteiger partial charge in [-0.1, -0.05) is 55.8 Å². The molecule has 4 aromatic heterocycles. The maximum absolute atomic E-state index is 13.1. The van der Waals surface area contributed by atoms with Gasteiger partial charge >= 0.3 is 23.9 Å². The van der Waals surface area contributed by atoms with Crippen molar-refractivity contribution in [2.75, 3.05) is 26.4 Å². The fraction of sp³-hybridized carbons (Fsp3) is 0.538. The van der Waals surface area contributed by atoms with Gasteiger partial charge in [0.25, 0.3) is 0 Å². The van der Waals surface area contributed by atoms with Crippen LogP contribution < -0.4 is 0 Å². The van der Waals surface area contributed by atoms with Crippen LogP contribution in [0.5, 0.6) is 0 Å². The standard InChI is InChI=1S/C26H30N10O8S4/c1-5-41-21(37)15-19(45-25-17(29-33-47-25)23(39)43-7-3)35(31-27-15)13-11-9-10-12-14(13)36-20(16(28-32-36)22(38)42-6-2)46-26-18(30-34-48-26)24(40)44-8-4/h13-14H,5-12H2,1-4H3. The van der Waals surface area contributed by atoms with E-state index >= 15 is 0 Å². The number of hydrogen-bond donors (Lipinski definition) is 0. The topological polar surface area (TPSA) is 218 Å². The molecule has 1 aliphatic carbocycles. The second kappa shape index (κ2) is 16.4. The molecule has 2 atom stereocenters. The van der Waals surface area contributed by atoms with Crippen molar-refractivity contribution in [2.45, 2.75) is 83.9 Å². The molecule has 1 aliphatic rings. The second-order valence-electron chi connectivity index (χ2n) is 9.70. The number of carbonyl (C=O) groups is 4. The molecule has 256 valence electrons. The molecule has 1 fully saturated rings. The van der Waals surface area contributed by atoms with Crippen molar-refractivity contribution in [2.24, 2.45) is 0 Å². The minimum atomic E-state index is -0.695. The van der Waals surface area contributed by atoms with Gasteiger partial charge in [-0.05, 0) is 63.6 Å². The smallest absolute Gasteiger partial charge is 0.361 e. The first-order valence-electron chi connectivity index (χ1n) is 14.9. The van der Waals surface area contributed by atoms with Gasteiger partial charge in [-0.25, -0.2) is 28.5 Å². The number of hydrogen-bond acceptors (Lipinski definition) is 20. The van der Waals surface area contributed by atoms with Crippen molar-refractivity contribution < 1.29 is 38.1 Å². The molecule has 2 unspecified atom stereocenters. The van der Waals surface area contributed by atoms with E-state index in [0.717, 1.165) is 59.4 Å². The van der Waals surface area contributed by atoms with Crippen LogP contribution in [0.1, 0.15) is 107 Å². The highest BCUT2D eigenvalue weighted by atomic mass is 32.2. The summed E-state index contributed by atoms with van der Waals surface area (Å²) in [5, 5.41) is 25.7. The third-order valence-corrected chi connectivity index (χ3v) is 10.7. The minimum absolute atomic E-state index is 0.000727. The van der Waals surface area contributed by atoms with Gasteiger partial charge in [0.2, 0.25) is 11.4 Å². The first-order valence-corrected chi connectivity index (χ1v) is 18.1. The summed E-state index contributed by atoms with van der Waals surface area (Å²) in [6.07, 6.45) is 2.79. The zero-order chi connectivity index (χ0) is 34.2. The van der Waals surface area contributed by atoms with Crippen LogP contribution in [0.25, 0.3) is 0 Å². The predicted molar refractivity (Wildman–Crippen MR) is 168 cm³/mol. The van der Waals surface area contributed by atoms with Crippen LogP contribution in [0, 0.1) is 0 Å². The highest BCUT2D eigenvalue weighted by Gasteiger charge is 2.38. The van der Waals surface area contributed by atoms with E-state index in [0.29, 0.717) is 31.3 Å². The van der Waals surface area contributed by atoms with E-state index in [1.807, 2.05) is 0 Å². The Morgan fingerprint density at radius 3 is 1.31 bits per heavy atom. The molecule has 0 saturated heterocycles. The zero-order valence-electron chi connectivity index (χ0n) is 26.2. The van der Waals surface area contributed by atoms with Crippen LogP contribution >= 0.6 is 46.6 Å². The second-order valence-corrected chi connectivity index (χ2v) is 13.7. The summed E-state index contributed by atoms with van der Waals surface area (Å²) in [4.78, 5) is 51.4. The van der Waals surface area contributed by atoms with Crippen molar-refractivity contribution >= 4 is 70.5 Å². The number of esters is 4. The quantitative estimate of drug-likeness (QED) is 0.132. The first kappa shape index (κ1) is 35.3. The molecule has 1 saturated carbocycles. The molecule has 0 aromatic carbocycles. The van der Waals surface area contributed by atoms with E-state index < -0.39 is 36.0 Å². The summed E-state index contributed by atoms with van der Waals surface area (Å²) in [5.74, 6) is -2.70. The fourth-order valence-corrected chi connectivity index (χ4v) is 8.38. The minimum Gasteiger partial charge on any atom is -0.461 e. The first-order chi connectivity index (χ1) is 23.3. The maximum Gasteiger partial charge on any atom is 0.361 e. The summed E-state index contributed by atoms with van der Waals surface area (Å²) in [6.45, 7) is 7.20. The Morgan fingerprint density at radius 1 is 0.604 bits per heavy atom. The number of rotatable bonds is 14. The molecule has 0 N–H and O–H groups in total. The van der Waals surface area contributed by atoms with E-state index in [2.05, 4.69) is 39.8 Å². The van der Waals surface area contributed by atoms with Gasteiger partial charge in [-0.3, -0.25) is 0 Å². The molecule has 48 heavy (non-hydrogen) atoms. The average molecular weight is 739 g/mol. The SMILES string of the molecule is CCOC(=O)c1nnsc1Sc1c(C(=O)OCC)nnn1C1CCCCC1n1nnc(C(=O)OCC)c1Sc1snnc1C(=O)OCC. The summed E-state index contributed by atoms with van der Waals surface area (Å²) >= 11 is 4.03. The van der Waals surface area contributed by atoms with Crippen LogP contribution in [-0.2, 0) is 18.9 Å². The van der Waals surface area contributed by atoms with Gasteiger partial charge in [0, 0.05) is 0 Å². The van der Waals surface area contributed by atoms with E-state index in [1.165, 1.54) is 0 Å². The number of nitrogens with zero attached hydrogens (tertiary/aromatic N) is 10. The van der Waals surface area contributed by atoms with E-state index in [4.69, 9.17) is 18.9 Å². The molecule has 22 heteroatoms. The summed E-state index contributed by atoms with van der Waals surface area (Å²) in [7, 11) is 0. The Morgan fingerprint density at radius 2 is 0.958 bits per heavy atom. The molecule has 4 aromatic rings. The Balaban J connectivity index is 1.59. The van der Waals surface area contributed by atoms with Crippen LogP contribution in [-0.4, -0.2) is 99.5 Å². The molecule has 0 bridgehead atoms. The Bertz CT molecular complexity index is 1650. The third kappa shape index (κ3) is 7.50. The molecular weight excluding hydrogens is 709 g/mol. The number of aromatic nitrogens is 10. The largest absolute Gasteiger partial charge is 0.461 e. The van der Waals surface area contributed by atoms with Crippen LogP contribution in [0.4, 0.5) is 0 Å². The van der Waals surface area contributed by atoms with E-state index in [9.17, 15) is 19.2 Å². The zero-order valence-corrected chi connectivity index (χ0v) is 29.4. The summed E-state index contributed by atoms with van der Waals surface area (Å²) in [5.41, 5.74) is -0.104. The molecule has 0 spiro atoms. The lowest BCUT2D eigenvalue weighted by molar-refractivity contribution is 0.0504. The molecule has 5 rings (SSSR count). The molecule has 18 nitrogen and oxygen atoms in total. The van der Waals surface area contributed by atoms with Crippen molar-refractivity contribution in [1.29, 1.82) is 0 Å². The lowest BCUT2D eigenvalue weighted by Gasteiger charge is -2.32. The van der Waals surface area contributed by atoms with Crippen molar-refractivity contribution in [1.82, 2.24) is 49.2 Å². The highest BCUT2D eigenvalue weighted by molar-refractivity contribution is 8.01. The van der Waals surface area contributed by atoms with Gasteiger partial charge in [-0.15, -0.1) is 20.4 Å². The van der Waals surface area contributed by atoms with Gasteiger partial charge in [0.15, 0.2) is 11.4 Å². The summed E-state index contributed by atoms with van der Waals surface area (Å²) < 4.78 is 32.7. The monoisotopic (exact) mass is 738 g/mol. The third-order valence-electron chi connectivity index (χ3n) is 6.80. The van der Waals surface area contributed by atoms with Gasteiger partial charge in [0.1, 0.15) is 18.5 Å². The fourth-order valence-electron chi connectivity index (χ4n) is 4.83. The molecule has 0 radical (unpaired) electrons. The Kier molecular flexibility index (Phi) is 12.1. The Labute approximate surface area is 289 Å². The van der Waals surface area contributed by atoms with E-state index in [1.54, 1.807) is 37.1 Å². The van der Waals surface area contributed by atoms with Gasteiger partial charge < -0.3 is 18.9 Å². The van der Waals surface area contributed by atoms with Crippen molar-refractivity contribution in [3.8, 4) is 0 Å². The average Bonchev–Trinajstić information content (AvgIpc) is 3.89. The van der Waals surface area contributed by atoms with Crippen LogP contribution in [0.3, 0.4) is 0 Å². The molecule has 0 amide bonds. The van der Waals surface area contributed by atoms with Gasteiger partial charge in [0.05, 0.1) is 38.5 Å². The molecule has 0 aliphatic heterocycles. The van der Waals surface area contributed by atoms with Gasteiger partial charge in [-0.2, -0.15) is 0 Å². The molecular formula is C26H30N10O8S4. The van der Waals surface area contributed by atoms with E-state index in [-0.39, 0.29) is 49.2 Å². The van der Waals surface area contributed by atoms with Crippen LogP contribution in [0.15, 0.2) is 18.5 Å². The summed E-state index contributed by atoms with van der Waals surface area (Å²) in [6, 6.07) is -0.909. The predicted octanol–water partition coefficient (Wildman–Crippen LogP) is 3.94. The van der Waals surface area contributed by atoms with Crippen molar-refractivity contribution in [3.05, 3.63) is 22.8 Å². The lowest BCUT2D eigenvalue weighted by Crippen LogP contribution is -2.29. The lowest BCUT2D eigenvalue weighted by atomic mass is 9.90. The normalized spacial score (nSPS) is 16.0. The Hall–Kier alpha value is -4.02. The highest BCUT2D eigenvalue weighted by Crippen LogP contribution is 2.45. The van der Waals surface area contributed by atoms with Crippen molar-refractivity contribution in [3.63, 3.8) is 0 Å². The molecule has 4 heterocycles. The number of ether oxygens (including phenoxy) is 4. The number of carbonyl (C=O) groups excluding carboxylic acids is 4. The maximum atomic E-state index is 13.1. The van der Waals surface area contributed by atoms with Crippen LogP contribution in [0.2, 0.25) is 0 Å².